The van der Waals surface area contributed by atoms with Crippen LogP contribution in [0.2, 0.25) is 5.02 Å². The lowest BCUT2D eigenvalue weighted by Gasteiger charge is -2.15. The third-order valence-corrected chi connectivity index (χ3v) is 4.68. The van der Waals surface area contributed by atoms with E-state index in [4.69, 9.17) is 21.1 Å². The number of halogens is 1. The first-order chi connectivity index (χ1) is 10.9. The molecule has 0 aliphatic rings. The molecule has 2 rings (SSSR count). The molecule has 0 radical (unpaired) electrons. The smallest absolute Gasteiger partial charge is 0.340 e. The predicted octanol–water partition coefficient (Wildman–Crippen LogP) is 3.24. The second-order valence-corrected chi connectivity index (χ2v) is 6.56. The molecule has 1 unspecified atom stereocenters. The van der Waals surface area contributed by atoms with E-state index in [9.17, 15) is 9.35 Å². The van der Waals surface area contributed by atoms with Gasteiger partial charge >= 0.3 is 5.97 Å². The Kier molecular flexibility index (Phi) is 5.51. The molecule has 0 saturated heterocycles. The number of hydrogen-bond acceptors (Lipinski definition) is 5. The van der Waals surface area contributed by atoms with Gasteiger partial charge in [-0.3, -0.25) is 4.98 Å². The summed E-state index contributed by atoms with van der Waals surface area (Å²) in [5.41, 5.74) is 2.24. The molecule has 0 spiro atoms. The first-order valence-electron chi connectivity index (χ1n) is 6.65. The van der Waals surface area contributed by atoms with Crippen LogP contribution in [0.25, 0.3) is 11.1 Å². The van der Waals surface area contributed by atoms with Crippen LogP contribution >= 0.6 is 11.6 Å². The van der Waals surface area contributed by atoms with Crippen LogP contribution in [0, 0.1) is 6.92 Å². The number of carbonyl (C=O) groups excluding carboxylic acids is 1. The lowest BCUT2D eigenvalue weighted by Crippen LogP contribution is -2.06. The number of methoxy groups -OCH3 is 2. The lowest BCUT2D eigenvalue weighted by atomic mass is 9.99. The van der Waals surface area contributed by atoms with Gasteiger partial charge in [-0.15, -0.1) is 0 Å². The Labute approximate surface area is 142 Å². The van der Waals surface area contributed by atoms with Crippen molar-refractivity contribution in [1.29, 1.82) is 0 Å². The summed E-state index contributed by atoms with van der Waals surface area (Å²) in [6.45, 7) is 1.81. The van der Waals surface area contributed by atoms with Crippen molar-refractivity contribution in [2.24, 2.45) is 0 Å². The first-order valence-corrected chi connectivity index (χ1v) is 8.59. The number of pyridine rings is 1. The summed E-state index contributed by atoms with van der Waals surface area (Å²) in [7, 11) is 2.81. The molecule has 0 aliphatic carbocycles. The monoisotopic (exact) mass is 353 g/mol. The third-order valence-electron chi connectivity index (χ3n) is 3.30. The van der Waals surface area contributed by atoms with Gasteiger partial charge in [0.05, 0.1) is 24.8 Å². The van der Waals surface area contributed by atoms with Gasteiger partial charge in [0.25, 0.3) is 0 Å². The average Bonchev–Trinajstić information content (AvgIpc) is 2.53. The summed E-state index contributed by atoms with van der Waals surface area (Å²) < 4.78 is 21.9. The number of carbonyl (C=O) groups is 1. The van der Waals surface area contributed by atoms with Crippen molar-refractivity contribution in [3.63, 3.8) is 0 Å². The summed E-state index contributed by atoms with van der Waals surface area (Å²) >= 11 is 4.98. The van der Waals surface area contributed by atoms with Crippen molar-refractivity contribution < 1.29 is 18.8 Å². The van der Waals surface area contributed by atoms with E-state index in [0.717, 1.165) is 5.69 Å². The highest BCUT2D eigenvalue weighted by Crippen LogP contribution is 2.38. The molecular weight excluding hydrogens is 338 g/mol. The van der Waals surface area contributed by atoms with Gasteiger partial charge in [-0.1, -0.05) is 11.6 Å². The van der Waals surface area contributed by atoms with Gasteiger partial charge in [-0.05, 0) is 30.2 Å². The van der Waals surface area contributed by atoms with Gasteiger partial charge in [-0.2, -0.15) is 0 Å². The van der Waals surface area contributed by atoms with Gasteiger partial charge in [0, 0.05) is 29.1 Å². The predicted molar refractivity (Wildman–Crippen MR) is 89.6 cm³/mol. The zero-order chi connectivity index (χ0) is 17.1. The van der Waals surface area contributed by atoms with Crippen LogP contribution in [0.5, 0.6) is 5.75 Å². The largest absolute Gasteiger partial charge is 0.612 e. The van der Waals surface area contributed by atoms with E-state index in [1.165, 1.54) is 26.7 Å². The summed E-state index contributed by atoms with van der Waals surface area (Å²) in [5, 5.41) is 0.340. The molecule has 0 N–H and O–H groups in total. The van der Waals surface area contributed by atoms with Crippen LogP contribution < -0.4 is 4.74 Å². The number of esters is 1. The second-order valence-electron chi connectivity index (χ2n) is 4.80. The lowest BCUT2D eigenvalue weighted by molar-refractivity contribution is 0.0601. The maximum atomic E-state index is 12.0. The van der Waals surface area contributed by atoms with Gasteiger partial charge in [0.1, 0.15) is 12.0 Å². The number of rotatable bonds is 4. The Morgan fingerprint density at radius 3 is 2.52 bits per heavy atom. The van der Waals surface area contributed by atoms with Crippen molar-refractivity contribution >= 4 is 28.7 Å². The van der Waals surface area contributed by atoms with Crippen LogP contribution in [0.4, 0.5) is 0 Å². The fourth-order valence-corrected chi connectivity index (χ4v) is 3.29. The van der Waals surface area contributed by atoms with E-state index in [0.29, 0.717) is 32.4 Å². The highest BCUT2D eigenvalue weighted by molar-refractivity contribution is 7.90. The Morgan fingerprint density at radius 1 is 1.26 bits per heavy atom. The fourth-order valence-electron chi connectivity index (χ4n) is 2.19. The number of aryl methyl sites for hydroxylation is 1. The van der Waals surface area contributed by atoms with Crippen molar-refractivity contribution in [3.8, 4) is 16.9 Å². The molecule has 0 fully saturated rings. The van der Waals surface area contributed by atoms with Crippen molar-refractivity contribution in [3.05, 3.63) is 40.7 Å². The minimum absolute atomic E-state index is 0.304. The molecule has 2 aromatic rings. The van der Waals surface area contributed by atoms with Crippen LogP contribution in [-0.4, -0.2) is 36.0 Å². The van der Waals surface area contributed by atoms with Crippen molar-refractivity contribution in [2.45, 2.75) is 11.8 Å². The van der Waals surface area contributed by atoms with E-state index in [1.54, 1.807) is 18.2 Å². The van der Waals surface area contributed by atoms with Gasteiger partial charge in [-0.25, -0.2) is 4.79 Å². The first kappa shape index (κ1) is 17.6. The molecule has 0 saturated carbocycles. The highest BCUT2D eigenvalue weighted by Gasteiger charge is 2.21. The highest BCUT2D eigenvalue weighted by atomic mass is 35.5. The number of ether oxygens (including phenoxy) is 2. The summed E-state index contributed by atoms with van der Waals surface area (Å²) in [4.78, 5) is 16.6. The van der Waals surface area contributed by atoms with Crippen LogP contribution in [0.15, 0.2) is 29.3 Å². The SMILES string of the molecule is COC(=O)c1cnc(C)cc1-c1cc(Cl)c([S+](C)[O-])cc1OC. The number of nitrogens with zero attached hydrogens (tertiary/aromatic N) is 1. The number of aromatic nitrogens is 1. The maximum Gasteiger partial charge on any atom is 0.340 e. The Hall–Kier alpha value is -1.76. The third kappa shape index (κ3) is 3.60. The Morgan fingerprint density at radius 2 is 1.96 bits per heavy atom. The zero-order valence-electron chi connectivity index (χ0n) is 13.2. The topological polar surface area (TPSA) is 71.5 Å². The van der Waals surface area contributed by atoms with Gasteiger partial charge in [0.15, 0.2) is 4.90 Å². The van der Waals surface area contributed by atoms with Gasteiger partial charge < -0.3 is 14.0 Å². The quantitative estimate of drug-likeness (QED) is 0.623. The second kappa shape index (κ2) is 7.21. The molecule has 7 heteroatoms. The summed E-state index contributed by atoms with van der Waals surface area (Å²) in [6, 6.07) is 5.01. The molecule has 1 aromatic heterocycles. The standard InChI is InChI=1S/C16H16ClNO4S/c1-9-5-10(12(8-18-9)16(19)22-3)11-6-13(17)15(23(4)20)7-14(11)21-2/h5-8H,1-4H3. The zero-order valence-corrected chi connectivity index (χ0v) is 14.7. The van der Waals surface area contributed by atoms with Crippen LogP contribution in [0.3, 0.4) is 0 Å². The molecule has 0 amide bonds. The minimum atomic E-state index is -1.25. The Bertz CT molecular complexity index is 749. The van der Waals surface area contributed by atoms with Crippen molar-refractivity contribution in [1.82, 2.24) is 4.98 Å². The molecule has 1 heterocycles. The van der Waals surface area contributed by atoms with Gasteiger partial charge in [0.2, 0.25) is 0 Å². The number of hydrogen-bond donors (Lipinski definition) is 0. The molecule has 1 aromatic carbocycles. The summed E-state index contributed by atoms with van der Waals surface area (Å²) in [6.07, 6.45) is 2.99. The van der Waals surface area contributed by atoms with E-state index in [2.05, 4.69) is 4.98 Å². The molecule has 23 heavy (non-hydrogen) atoms. The van der Waals surface area contributed by atoms with E-state index in [1.807, 2.05) is 6.92 Å². The molecule has 0 aliphatic heterocycles. The average molecular weight is 354 g/mol. The van der Waals surface area contributed by atoms with Crippen LogP contribution in [0.1, 0.15) is 16.1 Å². The van der Waals surface area contributed by atoms with Crippen molar-refractivity contribution in [2.75, 3.05) is 20.5 Å². The molecular formula is C16H16ClNO4S. The summed E-state index contributed by atoms with van der Waals surface area (Å²) in [5.74, 6) is -0.0378. The molecule has 5 nitrogen and oxygen atoms in total. The molecule has 0 bridgehead atoms. The van der Waals surface area contributed by atoms with E-state index >= 15 is 0 Å². The molecule has 1 atom stereocenters. The number of benzene rings is 1. The van der Waals surface area contributed by atoms with E-state index in [-0.39, 0.29) is 0 Å². The normalized spacial score (nSPS) is 11.9. The Balaban J connectivity index is 2.73. The fraction of sp³-hybridized carbons (Fsp3) is 0.250. The minimum Gasteiger partial charge on any atom is -0.612 e. The van der Waals surface area contributed by atoms with Crippen LogP contribution in [-0.2, 0) is 15.9 Å². The van der Waals surface area contributed by atoms with E-state index < -0.39 is 17.1 Å². The molecule has 122 valence electrons. The maximum absolute atomic E-state index is 12.0.